The minimum Gasteiger partial charge on any atom is -0.381 e. The number of ether oxygens (including phenoxy) is 1. The molecule has 0 spiro atoms. The highest BCUT2D eigenvalue weighted by atomic mass is 32.2. The Balaban J connectivity index is 1.59. The zero-order valence-electron chi connectivity index (χ0n) is 17.6. The molecule has 9 heteroatoms. The van der Waals surface area contributed by atoms with Crippen molar-refractivity contribution in [2.75, 3.05) is 13.2 Å². The number of aromatic nitrogens is 1. The van der Waals surface area contributed by atoms with Gasteiger partial charge in [0.2, 0.25) is 10.0 Å². The summed E-state index contributed by atoms with van der Waals surface area (Å²) in [6.45, 7) is 1.13. The molecule has 1 aliphatic heterocycles. The molecule has 1 atom stereocenters. The number of pyridine rings is 1. The van der Waals surface area contributed by atoms with Crippen LogP contribution in [-0.4, -0.2) is 26.6 Å². The molecule has 1 aliphatic rings. The summed E-state index contributed by atoms with van der Waals surface area (Å²) in [4.78, 5) is 4.17. The van der Waals surface area contributed by atoms with E-state index < -0.39 is 27.8 Å². The van der Waals surface area contributed by atoms with Gasteiger partial charge in [-0.15, -0.1) is 0 Å². The summed E-state index contributed by atoms with van der Waals surface area (Å²) in [5.74, 6) is 0.0575. The fraction of sp³-hybridized carbons (Fsp3) is 0.292. The van der Waals surface area contributed by atoms with Gasteiger partial charge in [-0.2, -0.15) is 13.2 Å². The second-order valence-electron chi connectivity index (χ2n) is 7.94. The zero-order chi connectivity index (χ0) is 23.5. The van der Waals surface area contributed by atoms with Gasteiger partial charge in [0, 0.05) is 25.6 Å². The third kappa shape index (κ3) is 5.61. The maximum absolute atomic E-state index is 13.2. The number of hydrogen-bond donors (Lipinski definition) is 1. The Morgan fingerprint density at radius 1 is 0.970 bits per heavy atom. The molecule has 2 heterocycles. The normalized spacial score (nSPS) is 16.5. The molecule has 0 amide bonds. The number of benzene rings is 2. The third-order valence-electron chi connectivity index (χ3n) is 5.75. The number of nitrogens with one attached hydrogen (secondary N) is 1. The van der Waals surface area contributed by atoms with Gasteiger partial charge in [0.25, 0.3) is 0 Å². The lowest BCUT2D eigenvalue weighted by molar-refractivity contribution is -0.137. The molecule has 1 aromatic heterocycles. The Morgan fingerprint density at radius 2 is 1.70 bits per heavy atom. The van der Waals surface area contributed by atoms with Gasteiger partial charge >= 0.3 is 6.18 Å². The molecule has 33 heavy (non-hydrogen) atoms. The van der Waals surface area contributed by atoms with Crippen molar-refractivity contribution in [3.63, 3.8) is 0 Å². The summed E-state index contributed by atoms with van der Waals surface area (Å²) in [5, 5.41) is 0. The first kappa shape index (κ1) is 23.4. The molecule has 1 saturated heterocycles. The van der Waals surface area contributed by atoms with E-state index >= 15 is 0 Å². The number of halogens is 3. The van der Waals surface area contributed by atoms with E-state index in [1.54, 1.807) is 24.5 Å². The van der Waals surface area contributed by atoms with E-state index in [1.165, 1.54) is 30.3 Å². The van der Waals surface area contributed by atoms with E-state index in [9.17, 15) is 21.6 Å². The number of nitrogens with zero attached hydrogens (tertiary/aromatic N) is 1. The number of rotatable bonds is 6. The summed E-state index contributed by atoms with van der Waals surface area (Å²) >= 11 is 0. The topological polar surface area (TPSA) is 68.3 Å². The van der Waals surface area contributed by atoms with Crippen LogP contribution in [0.3, 0.4) is 0 Å². The summed E-state index contributed by atoms with van der Waals surface area (Å²) in [6, 6.07) is 13.9. The van der Waals surface area contributed by atoms with Crippen LogP contribution in [-0.2, 0) is 20.9 Å². The SMILES string of the molecule is O=S(=O)(NC(c1cccnc1)C1CCOCC1)c1ccc(-c2cccc(C(F)(F)F)c2)cc1. The fourth-order valence-corrected chi connectivity index (χ4v) is 5.28. The fourth-order valence-electron chi connectivity index (χ4n) is 3.98. The first-order chi connectivity index (χ1) is 15.7. The lowest BCUT2D eigenvalue weighted by atomic mass is 9.88. The van der Waals surface area contributed by atoms with Gasteiger partial charge in [-0.1, -0.05) is 30.3 Å². The van der Waals surface area contributed by atoms with Crippen molar-refractivity contribution in [2.24, 2.45) is 5.92 Å². The molecule has 0 bridgehead atoms. The summed E-state index contributed by atoms with van der Waals surface area (Å²) in [7, 11) is -3.89. The molecule has 1 unspecified atom stereocenters. The van der Waals surface area contributed by atoms with E-state index in [0.29, 0.717) is 24.3 Å². The Morgan fingerprint density at radius 3 is 2.33 bits per heavy atom. The molecule has 0 saturated carbocycles. The van der Waals surface area contributed by atoms with Crippen LogP contribution in [0.5, 0.6) is 0 Å². The molecule has 3 aromatic rings. The van der Waals surface area contributed by atoms with Crippen molar-refractivity contribution in [2.45, 2.75) is 30.0 Å². The first-order valence-corrected chi connectivity index (χ1v) is 12.0. The Bertz CT molecular complexity index is 1180. The molecule has 2 aromatic carbocycles. The first-order valence-electron chi connectivity index (χ1n) is 10.5. The molecule has 5 nitrogen and oxygen atoms in total. The Hall–Kier alpha value is -2.75. The summed E-state index contributed by atoms with van der Waals surface area (Å²) in [5.41, 5.74) is 0.869. The zero-order valence-corrected chi connectivity index (χ0v) is 18.4. The quantitative estimate of drug-likeness (QED) is 0.530. The minimum atomic E-state index is -4.45. The Kier molecular flexibility index (Phi) is 6.83. The standard InChI is InChI=1S/C24H23F3N2O3S/c25-24(26,27)21-5-1-3-19(15-21)17-6-8-22(9-7-17)33(30,31)29-23(18-10-13-32-14-11-18)20-4-2-12-28-16-20/h1-9,12,15-16,18,23,29H,10-11,13-14H2. The van der Waals surface area contributed by atoms with Crippen LogP contribution in [0.4, 0.5) is 13.2 Å². The number of alkyl halides is 3. The van der Waals surface area contributed by atoms with Gasteiger partial charge < -0.3 is 4.74 Å². The van der Waals surface area contributed by atoms with Crippen LogP contribution in [0.1, 0.15) is 30.0 Å². The number of sulfonamides is 1. The highest BCUT2D eigenvalue weighted by Gasteiger charge is 2.31. The van der Waals surface area contributed by atoms with Crippen LogP contribution >= 0.6 is 0 Å². The molecule has 1 N–H and O–H groups in total. The van der Waals surface area contributed by atoms with Crippen molar-refractivity contribution in [3.05, 3.63) is 84.2 Å². The van der Waals surface area contributed by atoms with Crippen molar-refractivity contribution in [1.29, 1.82) is 0 Å². The van der Waals surface area contributed by atoms with Gasteiger partial charge in [0.05, 0.1) is 16.5 Å². The summed E-state index contributed by atoms with van der Waals surface area (Å²) in [6.07, 6.45) is 0.271. The molecule has 0 aliphatic carbocycles. The molecule has 0 radical (unpaired) electrons. The van der Waals surface area contributed by atoms with Gasteiger partial charge in [-0.3, -0.25) is 4.98 Å². The van der Waals surface area contributed by atoms with E-state index in [0.717, 1.165) is 30.5 Å². The van der Waals surface area contributed by atoms with Crippen molar-refractivity contribution < 1.29 is 26.3 Å². The highest BCUT2D eigenvalue weighted by Crippen LogP contribution is 2.33. The molecular formula is C24H23F3N2O3S. The maximum Gasteiger partial charge on any atom is 0.416 e. The Labute approximate surface area is 190 Å². The van der Waals surface area contributed by atoms with Gasteiger partial charge in [-0.25, -0.2) is 13.1 Å². The van der Waals surface area contributed by atoms with E-state index in [-0.39, 0.29) is 10.8 Å². The van der Waals surface area contributed by atoms with Crippen LogP contribution in [0.2, 0.25) is 0 Å². The van der Waals surface area contributed by atoms with Crippen molar-refractivity contribution >= 4 is 10.0 Å². The molecule has 174 valence electrons. The minimum absolute atomic E-state index is 0.0409. The summed E-state index contributed by atoms with van der Waals surface area (Å²) < 4.78 is 73.7. The predicted molar refractivity (Wildman–Crippen MR) is 118 cm³/mol. The van der Waals surface area contributed by atoms with Crippen LogP contribution in [0, 0.1) is 5.92 Å². The van der Waals surface area contributed by atoms with E-state index in [4.69, 9.17) is 4.74 Å². The average molecular weight is 477 g/mol. The van der Waals surface area contributed by atoms with Crippen LogP contribution < -0.4 is 4.72 Å². The number of hydrogen-bond acceptors (Lipinski definition) is 4. The maximum atomic E-state index is 13.2. The smallest absolute Gasteiger partial charge is 0.381 e. The van der Waals surface area contributed by atoms with Crippen LogP contribution in [0.25, 0.3) is 11.1 Å². The molecule has 4 rings (SSSR count). The van der Waals surface area contributed by atoms with Gasteiger partial charge in [-0.05, 0) is 65.8 Å². The highest BCUT2D eigenvalue weighted by molar-refractivity contribution is 7.89. The van der Waals surface area contributed by atoms with Gasteiger partial charge in [0.1, 0.15) is 0 Å². The van der Waals surface area contributed by atoms with Gasteiger partial charge in [0.15, 0.2) is 0 Å². The van der Waals surface area contributed by atoms with Crippen LogP contribution in [0.15, 0.2) is 78.0 Å². The van der Waals surface area contributed by atoms with E-state index in [2.05, 4.69) is 9.71 Å². The average Bonchev–Trinajstić information content (AvgIpc) is 2.83. The molecule has 1 fully saturated rings. The second kappa shape index (κ2) is 9.62. The lowest BCUT2D eigenvalue weighted by Crippen LogP contribution is -2.36. The monoisotopic (exact) mass is 476 g/mol. The molecular weight excluding hydrogens is 453 g/mol. The van der Waals surface area contributed by atoms with Crippen molar-refractivity contribution in [3.8, 4) is 11.1 Å². The largest absolute Gasteiger partial charge is 0.416 e. The second-order valence-corrected chi connectivity index (χ2v) is 9.65. The lowest BCUT2D eigenvalue weighted by Gasteiger charge is -2.31. The third-order valence-corrected chi connectivity index (χ3v) is 7.21. The van der Waals surface area contributed by atoms with Crippen molar-refractivity contribution in [1.82, 2.24) is 9.71 Å². The predicted octanol–water partition coefficient (Wildman–Crippen LogP) is 5.21. The van der Waals surface area contributed by atoms with E-state index in [1.807, 2.05) is 6.07 Å².